The van der Waals surface area contributed by atoms with Crippen molar-refractivity contribution in [3.63, 3.8) is 0 Å². The van der Waals surface area contributed by atoms with Crippen LogP contribution in [-0.4, -0.2) is 11.2 Å². The first-order valence-corrected chi connectivity index (χ1v) is 7.18. The number of hydrogen-bond donors (Lipinski definition) is 1. The molecule has 1 fully saturated rings. The molecule has 1 rings (SSSR count). The molecule has 0 bridgehead atoms. The van der Waals surface area contributed by atoms with Crippen LogP contribution >= 0.6 is 0 Å². The average Bonchev–Trinajstić information content (AvgIpc) is 2.53. The average molecular weight is 226 g/mol. The molecule has 96 valence electrons. The van der Waals surface area contributed by atoms with Gasteiger partial charge in [-0.25, -0.2) is 0 Å². The van der Waals surface area contributed by atoms with E-state index in [2.05, 4.69) is 27.7 Å². The molecule has 0 aromatic heterocycles. The van der Waals surface area contributed by atoms with E-state index in [1.165, 1.54) is 38.5 Å². The van der Waals surface area contributed by atoms with Crippen molar-refractivity contribution in [2.75, 3.05) is 0 Å². The predicted molar refractivity (Wildman–Crippen MR) is 70.4 cm³/mol. The third-order valence-electron chi connectivity index (χ3n) is 4.10. The fourth-order valence-corrected chi connectivity index (χ4v) is 2.88. The van der Waals surface area contributed by atoms with Crippen molar-refractivity contribution in [1.29, 1.82) is 0 Å². The summed E-state index contributed by atoms with van der Waals surface area (Å²) in [5.41, 5.74) is 0. The van der Waals surface area contributed by atoms with Crippen LogP contribution in [0.1, 0.15) is 66.2 Å². The second kappa shape index (κ2) is 6.64. The first-order chi connectivity index (χ1) is 7.50. The summed E-state index contributed by atoms with van der Waals surface area (Å²) < 4.78 is 0. The molecule has 1 saturated carbocycles. The first kappa shape index (κ1) is 14.0. The molecule has 2 unspecified atom stereocenters. The van der Waals surface area contributed by atoms with Crippen molar-refractivity contribution in [2.24, 2.45) is 23.7 Å². The van der Waals surface area contributed by atoms with Gasteiger partial charge in [-0.3, -0.25) is 0 Å². The quantitative estimate of drug-likeness (QED) is 0.718. The molecule has 2 atom stereocenters. The largest absolute Gasteiger partial charge is 0.393 e. The summed E-state index contributed by atoms with van der Waals surface area (Å²) in [5.74, 6) is 2.75. The Morgan fingerprint density at radius 2 is 1.25 bits per heavy atom. The SMILES string of the molecule is CC(C)CCC1CCC(CCC(C)C)C1O. The van der Waals surface area contributed by atoms with E-state index in [0.29, 0.717) is 11.8 Å². The van der Waals surface area contributed by atoms with Gasteiger partial charge in [0.1, 0.15) is 0 Å². The van der Waals surface area contributed by atoms with Crippen LogP contribution in [0.3, 0.4) is 0 Å². The Hall–Kier alpha value is -0.0400. The number of rotatable bonds is 6. The van der Waals surface area contributed by atoms with Gasteiger partial charge < -0.3 is 5.11 Å². The summed E-state index contributed by atoms with van der Waals surface area (Å²) >= 11 is 0. The van der Waals surface area contributed by atoms with Crippen LogP contribution in [0, 0.1) is 23.7 Å². The van der Waals surface area contributed by atoms with E-state index in [1.54, 1.807) is 0 Å². The molecule has 0 aromatic carbocycles. The molecule has 1 nitrogen and oxygen atoms in total. The van der Waals surface area contributed by atoms with Gasteiger partial charge in [-0.05, 0) is 49.4 Å². The van der Waals surface area contributed by atoms with Crippen molar-refractivity contribution in [3.8, 4) is 0 Å². The second-order valence-corrected chi connectivity index (χ2v) is 6.53. The maximum Gasteiger partial charge on any atom is 0.0596 e. The minimum Gasteiger partial charge on any atom is -0.393 e. The summed E-state index contributed by atoms with van der Waals surface area (Å²) in [7, 11) is 0. The fraction of sp³-hybridized carbons (Fsp3) is 1.00. The molecule has 0 amide bonds. The topological polar surface area (TPSA) is 20.2 Å². The summed E-state index contributed by atoms with van der Waals surface area (Å²) in [5, 5.41) is 10.3. The summed E-state index contributed by atoms with van der Waals surface area (Å²) in [4.78, 5) is 0. The molecule has 0 heterocycles. The zero-order chi connectivity index (χ0) is 12.1. The maximum absolute atomic E-state index is 10.3. The summed E-state index contributed by atoms with van der Waals surface area (Å²) in [6.07, 6.45) is 7.54. The van der Waals surface area contributed by atoms with E-state index < -0.39 is 0 Å². The smallest absolute Gasteiger partial charge is 0.0596 e. The van der Waals surface area contributed by atoms with Crippen LogP contribution in [-0.2, 0) is 0 Å². The molecule has 0 radical (unpaired) electrons. The lowest BCUT2D eigenvalue weighted by Crippen LogP contribution is -2.21. The van der Waals surface area contributed by atoms with Crippen LogP contribution in [0.4, 0.5) is 0 Å². The summed E-state index contributed by atoms with van der Waals surface area (Å²) in [6.45, 7) is 9.10. The Bertz CT molecular complexity index is 166. The van der Waals surface area contributed by atoms with Crippen molar-refractivity contribution >= 4 is 0 Å². The van der Waals surface area contributed by atoms with Gasteiger partial charge in [0.05, 0.1) is 6.10 Å². The van der Waals surface area contributed by atoms with Gasteiger partial charge in [0.25, 0.3) is 0 Å². The normalized spacial score (nSPS) is 30.6. The van der Waals surface area contributed by atoms with E-state index in [-0.39, 0.29) is 6.10 Å². The van der Waals surface area contributed by atoms with Gasteiger partial charge in [-0.15, -0.1) is 0 Å². The van der Waals surface area contributed by atoms with Crippen molar-refractivity contribution in [3.05, 3.63) is 0 Å². The minimum atomic E-state index is -0.00231. The van der Waals surface area contributed by atoms with Crippen molar-refractivity contribution in [1.82, 2.24) is 0 Å². The zero-order valence-electron chi connectivity index (χ0n) is 11.6. The summed E-state index contributed by atoms with van der Waals surface area (Å²) in [6, 6.07) is 0. The van der Waals surface area contributed by atoms with E-state index in [1.807, 2.05) is 0 Å². The Balaban J connectivity index is 2.27. The van der Waals surface area contributed by atoms with Crippen LogP contribution in [0.25, 0.3) is 0 Å². The molecule has 0 aliphatic heterocycles. The zero-order valence-corrected chi connectivity index (χ0v) is 11.6. The molecular weight excluding hydrogens is 196 g/mol. The highest BCUT2D eigenvalue weighted by atomic mass is 16.3. The van der Waals surface area contributed by atoms with Crippen LogP contribution in [0.15, 0.2) is 0 Å². The molecule has 1 aliphatic carbocycles. The van der Waals surface area contributed by atoms with E-state index in [9.17, 15) is 5.11 Å². The molecule has 1 aliphatic rings. The lowest BCUT2D eigenvalue weighted by Gasteiger charge is -2.21. The first-order valence-electron chi connectivity index (χ1n) is 7.18. The van der Waals surface area contributed by atoms with Crippen molar-refractivity contribution in [2.45, 2.75) is 72.3 Å². The molecule has 0 aromatic rings. The predicted octanol–water partition coefficient (Wildman–Crippen LogP) is 4.25. The van der Waals surface area contributed by atoms with E-state index in [0.717, 1.165) is 11.8 Å². The van der Waals surface area contributed by atoms with Gasteiger partial charge >= 0.3 is 0 Å². The Kier molecular flexibility index (Phi) is 5.82. The lowest BCUT2D eigenvalue weighted by atomic mass is 9.90. The standard InChI is InChI=1S/C15H30O/c1-11(2)5-7-13-9-10-14(15(13)16)8-6-12(3)4/h11-16H,5-10H2,1-4H3. The molecule has 0 spiro atoms. The van der Waals surface area contributed by atoms with Gasteiger partial charge in [0.15, 0.2) is 0 Å². The van der Waals surface area contributed by atoms with Gasteiger partial charge in [0.2, 0.25) is 0 Å². The Morgan fingerprint density at radius 1 is 0.875 bits per heavy atom. The number of aliphatic hydroxyl groups is 1. The molecular formula is C15H30O. The minimum absolute atomic E-state index is 0.00231. The van der Waals surface area contributed by atoms with Gasteiger partial charge in [-0.1, -0.05) is 40.5 Å². The molecule has 1 heteroatoms. The Morgan fingerprint density at radius 3 is 1.56 bits per heavy atom. The molecule has 1 N–H and O–H groups in total. The Labute approximate surface area is 102 Å². The highest BCUT2D eigenvalue weighted by Gasteiger charge is 2.33. The highest BCUT2D eigenvalue weighted by molar-refractivity contribution is 4.84. The van der Waals surface area contributed by atoms with Crippen LogP contribution < -0.4 is 0 Å². The second-order valence-electron chi connectivity index (χ2n) is 6.53. The number of aliphatic hydroxyl groups excluding tert-OH is 1. The lowest BCUT2D eigenvalue weighted by molar-refractivity contribution is 0.0792. The van der Waals surface area contributed by atoms with Crippen LogP contribution in [0.2, 0.25) is 0 Å². The maximum atomic E-state index is 10.3. The van der Waals surface area contributed by atoms with E-state index in [4.69, 9.17) is 0 Å². The molecule has 16 heavy (non-hydrogen) atoms. The van der Waals surface area contributed by atoms with Gasteiger partial charge in [-0.2, -0.15) is 0 Å². The molecule has 0 saturated heterocycles. The van der Waals surface area contributed by atoms with E-state index >= 15 is 0 Å². The fourth-order valence-electron chi connectivity index (χ4n) is 2.88. The third-order valence-corrected chi connectivity index (χ3v) is 4.10. The highest BCUT2D eigenvalue weighted by Crippen LogP contribution is 2.37. The monoisotopic (exact) mass is 226 g/mol. The third kappa shape index (κ3) is 4.45. The number of hydrogen-bond acceptors (Lipinski definition) is 1. The van der Waals surface area contributed by atoms with Gasteiger partial charge in [0, 0.05) is 0 Å². The van der Waals surface area contributed by atoms with Crippen molar-refractivity contribution < 1.29 is 5.11 Å². The van der Waals surface area contributed by atoms with Crippen LogP contribution in [0.5, 0.6) is 0 Å².